The summed E-state index contributed by atoms with van der Waals surface area (Å²) in [6.07, 6.45) is 5.68. The molecule has 1 aromatic heterocycles. The first-order valence-corrected chi connectivity index (χ1v) is 7.76. The third-order valence-electron chi connectivity index (χ3n) is 3.81. The van der Waals surface area contributed by atoms with Gasteiger partial charge in [-0.15, -0.1) is 0 Å². The van der Waals surface area contributed by atoms with E-state index in [2.05, 4.69) is 41.0 Å². The molecule has 19 heavy (non-hydrogen) atoms. The average molecular weight is 325 g/mol. The Balaban J connectivity index is 2.15. The van der Waals surface area contributed by atoms with Crippen molar-refractivity contribution in [3.05, 3.63) is 27.5 Å². The topological polar surface area (TPSA) is 34.9 Å². The summed E-state index contributed by atoms with van der Waals surface area (Å²) in [6, 6.07) is 0. The zero-order chi connectivity index (χ0) is 14.0. The summed E-state index contributed by atoms with van der Waals surface area (Å²) >= 11 is 3.55. The quantitative estimate of drug-likeness (QED) is 0.843. The van der Waals surface area contributed by atoms with Crippen molar-refractivity contribution in [2.24, 2.45) is 5.92 Å². The van der Waals surface area contributed by atoms with E-state index in [0.717, 1.165) is 47.2 Å². The van der Waals surface area contributed by atoms with Gasteiger partial charge in [-0.25, -0.2) is 0 Å². The fourth-order valence-corrected chi connectivity index (χ4v) is 2.95. The van der Waals surface area contributed by atoms with E-state index >= 15 is 0 Å². The monoisotopic (exact) mass is 324 g/mol. The molecule has 0 N–H and O–H groups in total. The van der Waals surface area contributed by atoms with Crippen LogP contribution < -0.4 is 0 Å². The molecule has 1 aromatic rings. The number of rotatable bonds is 4. The summed E-state index contributed by atoms with van der Waals surface area (Å²) in [5, 5.41) is 4.44. The zero-order valence-electron chi connectivity index (χ0n) is 11.9. The van der Waals surface area contributed by atoms with Crippen molar-refractivity contribution in [3.8, 4) is 0 Å². The van der Waals surface area contributed by atoms with Crippen LogP contribution in [0.5, 0.6) is 0 Å². The number of carbonyl (C=O) groups excluding carboxylic acids is 1. The molecule has 1 heterocycles. The van der Waals surface area contributed by atoms with Crippen LogP contribution in [0.3, 0.4) is 0 Å². The molecule has 1 unspecified atom stereocenters. The highest BCUT2D eigenvalue weighted by Crippen LogP contribution is 2.26. The highest BCUT2D eigenvalue weighted by Gasteiger charge is 2.20. The Labute approximate surface area is 123 Å². The summed E-state index contributed by atoms with van der Waals surface area (Å²) in [5.41, 5.74) is 2.96. The van der Waals surface area contributed by atoms with Crippen LogP contribution in [0.15, 0.2) is 16.1 Å². The van der Waals surface area contributed by atoms with E-state index in [1.807, 2.05) is 11.6 Å². The fourth-order valence-electron chi connectivity index (χ4n) is 2.52. The number of ketones is 1. The Morgan fingerprint density at radius 3 is 2.89 bits per heavy atom. The molecular weight excluding hydrogens is 304 g/mol. The molecule has 0 saturated carbocycles. The molecule has 1 atom stereocenters. The van der Waals surface area contributed by atoms with Crippen molar-refractivity contribution in [2.75, 3.05) is 0 Å². The first-order valence-electron chi connectivity index (χ1n) is 6.97. The molecule has 2 rings (SSSR count). The van der Waals surface area contributed by atoms with Gasteiger partial charge >= 0.3 is 0 Å². The SMILES string of the molecule is CCn1nc(C)c(Br)c1CC(=O)C1=CCC(C)CC1. The van der Waals surface area contributed by atoms with Crippen LogP contribution in [0.2, 0.25) is 0 Å². The number of allylic oxidation sites excluding steroid dienone is 2. The predicted molar refractivity (Wildman–Crippen MR) is 80.1 cm³/mol. The van der Waals surface area contributed by atoms with E-state index in [1.165, 1.54) is 0 Å². The van der Waals surface area contributed by atoms with Gasteiger partial charge in [-0.1, -0.05) is 13.0 Å². The highest BCUT2D eigenvalue weighted by atomic mass is 79.9. The lowest BCUT2D eigenvalue weighted by Crippen LogP contribution is -2.14. The Morgan fingerprint density at radius 2 is 2.32 bits per heavy atom. The highest BCUT2D eigenvalue weighted by molar-refractivity contribution is 9.10. The van der Waals surface area contributed by atoms with Gasteiger partial charge in [0.2, 0.25) is 0 Å². The first kappa shape index (κ1) is 14.5. The lowest BCUT2D eigenvalue weighted by Gasteiger charge is -2.17. The Morgan fingerprint density at radius 1 is 1.58 bits per heavy atom. The first-order chi connectivity index (χ1) is 9.02. The van der Waals surface area contributed by atoms with Crippen LogP contribution in [0.4, 0.5) is 0 Å². The number of hydrogen-bond donors (Lipinski definition) is 0. The molecular formula is C15H21BrN2O. The zero-order valence-corrected chi connectivity index (χ0v) is 13.5. The van der Waals surface area contributed by atoms with Crippen molar-refractivity contribution in [1.82, 2.24) is 9.78 Å². The van der Waals surface area contributed by atoms with E-state index in [1.54, 1.807) is 0 Å². The third-order valence-corrected chi connectivity index (χ3v) is 4.84. The van der Waals surface area contributed by atoms with E-state index in [4.69, 9.17) is 0 Å². The number of aryl methyl sites for hydroxylation is 2. The maximum absolute atomic E-state index is 12.4. The molecule has 0 aliphatic heterocycles. The van der Waals surface area contributed by atoms with Gasteiger partial charge < -0.3 is 0 Å². The largest absolute Gasteiger partial charge is 0.294 e. The number of aromatic nitrogens is 2. The van der Waals surface area contributed by atoms with Crippen LogP contribution in [0.1, 0.15) is 44.5 Å². The van der Waals surface area contributed by atoms with Gasteiger partial charge in [0.1, 0.15) is 0 Å². The molecule has 4 heteroatoms. The summed E-state index contributed by atoms with van der Waals surface area (Å²) in [7, 11) is 0. The number of carbonyl (C=O) groups is 1. The number of halogens is 1. The van der Waals surface area contributed by atoms with E-state index in [0.29, 0.717) is 12.3 Å². The molecule has 1 aliphatic rings. The second-order valence-electron chi connectivity index (χ2n) is 5.37. The Hall–Kier alpha value is -0.900. The minimum atomic E-state index is 0.252. The lowest BCUT2D eigenvalue weighted by molar-refractivity contribution is -0.115. The third kappa shape index (κ3) is 3.16. The number of hydrogen-bond acceptors (Lipinski definition) is 2. The minimum Gasteiger partial charge on any atom is -0.294 e. The maximum atomic E-state index is 12.4. The maximum Gasteiger partial charge on any atom is 0.164 e. The average Bonchev–Trinajstić information content (AvgIpc) is 2.67. The van der Waals surface area contributed by atoms with Crippen molar-refractivity contribution in [2.45, 2.75) is 53.0 Å². The molecule has 0 radical (unpaired) electrons. The molecule has 0 bridgehead atoms. The Kier molecular flexibility index (Phi) is 4.61. The molecule has 0 amide bonds. The smallest absolute Gasteiger partial charge is 0.164 e. The van der Waals surface area contributed by atoms with Gasteiger partial charge in [-0.3, -0.25) is 9.48 Å². The second kappa shape index (κ2) is 6.04. The summed E-state index contributed by atoms with van der Waals surface area (Å²) in [4.78, 5) is 12.4. The summed E-state index contributed by atoms with van der Waals surface area (Å²) in [6.45, 7) is 7.05. The predicted octanol–water partition coefficient (Wildman–Crippen LogP) is 3.83. The number of nitrogens with zero attached hydrogens (tertiary/aromatic N) is 2. The molecule has 1 aliphatic carbocycles. The van der Waals surface area contributed by atoms with Gasteiger partial charge in [0.05, 0.1) is 22.3 Å². The van der Waals surface area contributed by atoms with Crippen LogP contribution in [0, 0.1) is 12.8 Å². The fraction of sp³-hybridized carbons (Fsp3) is 0.600. The molecule has 3 nitrogen and oxygen atoms in total. The normalized spacial score (nSPS) is 19.4. The van der Waals surface area contributed by atoms with Crippen molar-refractivity contribution in [3.63, 3.8) is 0 Å². The Bertz CT molecular complexity index is 516. The standard InChI is InChI=1S/C15H21BrN2O/c1-4-18-13(15(16)11(3)17-18)9-14(19)12-7-5-10(2)6-8-12/h7,10H,4-6,8-9H2,1-3H3. The van der Waals surface area contributed by atoms with Crippen LogP contribution in [-0.2, 0) is 17.8 Å². The van der Waals surface area contributed by atoms with Crippen molar-refractivity contribution >= 4 is 21.7 Å². The van der Waals surface area contributed by atoms with E-state index in [-0.39, 0.29) is 5.78 Å². The lowest BCUT2D eigenvalue weighted by atomic mass is 9.88. The van der Waals surface area contributed by atoms with E-state index < -0.39 is 0 Å². The molecule has 104 valence electrons. The van der Waals surface area contributed by atoms with Crippen molar-refractivity contribution < 1.29 is 4.79 Å². The van der Waals surface area contributed by atoms with Crippen LogP contribution in [-0.4, -0.2) is 15.6 Å². The van der Waals surface area contributed by atoms with E-state index in [9.17, 15) is 4.79 Å². The van der Waals surface area contributed by atoms with Gasteiger partial charge in [0.15, 0.2) is 5.78 Å². The summed E-state index contributed by atoms with van der Waals surface area (Å²) < 4.78 is 2.90. The van der Waals surface area contributed by atoms with Gasteiger partial charge in [0, 0.05) is 6.54 Å². The second-order valence-corrected chi connectivity index (χ2v) is 6.16. The molecule has 0 saturated heterocycles. The molecule has 0 aromatic carbocycles. The van der Waals surface area contributed by atoms with Gasteiger partial charge in [-0.05, 0) is 60.5 Å². The summed E-state index contributed by atoms with van der Waals surface area (Å²) in [5.74, 6) is 0.967. The van der Waals surface area contributed by atoms with Crippen molar-refractivity contribution in [1.29, 1.82) is 0 Å². The van der Waals surface area contributed by atoms with Crippen LogP contribution >= 0.6 is 15.9 Å². The molecule has 0 spiro atoms. The van der Waals surface area contributed by atoms with Gasteiger partial charge in [0.25, 0.3) is 0 Å². The van der Waals surface area contributed by atoms with Gasteiger partial charge in [-0.2, -0.15) is 5.10 Å². The van der Waals surface area contributed by atoms with Crippen LogP contribution in [0.25, 0.3) is 0 Å². The molecule has 0 fully saturated rings. The minimum absolute atomic E-state index is 0.252. The number of Topliss-reactive ketones (excluding diaryl/α,β-unsaturated/α-hetero) is 1.